The number of hydrogen-bond donors (Lipinski definition) is 0. The summed E-state index contributed by atoms with van der Waals surface area (Å²) in [7, 11) is 3.70. The van der Waals surface area contributed by atoms with E-state index in [0.717, 1.165) is 42.6 Å². The second-order valence-corrected chi connectivity index (χ2v) is 6.55. The molecule has 1 aliphatic heterocycles. The van der Waals surface area contributed by atoms with Crippen LogP contribution in [0.5, 0.6) is 5.75 Å². The third-order valence-corrected chi connectivity index (χ3v) is 4.58. The molecular weight excluding hydrogens is 332 g/mol. The number of methoxy groups -OCH3 is 1. The van der Waals surface area contributed by atoms with Crippen molar-refractivity contribution in [3.8, 4) is 5.75 Å². The maximum atomic E-state index is 5.59. The monoisotopic (exact) mass is 354 g/mol. The molecule has 2 aromatic heterocycles. The fourth-order valence-corrected chi connectivity index (χ4v) is 3.33. The Hall–Kier alpha value is -2.51. The van der Waals surface area contributed by atoms with Gasteiger partial charge in [-0.05, 0) is 37.6 Å². The highest BCUT2D eigenvalue weighted by Gasteiger charge is 2.24. The molecular formula is C19H22N4O3. The minimum absolute atomic E-state index is 0.0434. The minimum atomic E-state index is -0.0434. The molecule has 3 heterocycles. The molecule has 0 spiro atoms. The van der Waals surface area contributed by atoms with Crippen molar-refractivity contribution in [2.45, 2.75) is 32.0 Å². The summed E-state index contributed by atoms with van der Waals surface area (Å²) in [5.41, 5.74) is 2.06. The average Bonchev–Trinajstić information content (AvgIpc) is 3.33. The van der Waals surface area contributed by atoms with Crippen molar-refractivity contribution in [2.24, 2.45) is 0 Å². The number of ether oxygens (including phenoxy) is 2. The fourth-order valence-electron chi connectivity index (χ4n) is 3.33. The van der Waals surface area contributed by atoms with Crippen LogP contribution in [-0.2, 0) is 17.8 Å². The molecule has 4 rings (SSSR count). The van der Waals surface area contributed by atoms with E-state index in [9.17, 15) is 0 Å². The highest BCUT2D eigenvalue weighted by molar-refractivity contribution is 5.87. The van der Waals surface area contributed by atoms with E-state index < -0.39 is 0 Å². The van der Waals surface area contributed by atoms with Crippen molar-refractivity contribution in [3.63, 3.8) is 0 Å². The summed E-state index contributed by atoms with van der Waals surface area (Å²) in [6, 6.07) is 8.05. The van der Waals surface area contributed by atoms with Crippen LogP contribution in [0.3, 0.4) is 0 Å². The topological polar surface area (TPSA) is 73.5 Å². The SMILES string of the molecule is COc1ccc(CN(C)Cc2noc(C3CCCO3)n2)c2cccnc12. The van der Waals surface area contributed by atoms with Gasteiger partial charge in [0.1, 0.15) is 17.4 Å². The van der Waals surface area contributed by atoms with Gasteiger partial charge in [0.15, 0.2) is 5.82 Å². The van der Waals surface area contributed by atoms with Crippen LogP contribution in [0.15, 0.2) is 35.0 Å². The molecule has 1 unspecified atom stereocenters. The van der Waals surface area contributed by atoms with Crippen molar-refractivity contribution >= 4 is 10.9 Å². The number of rotatable bonds is 6. The summed E-state index contributed by atoms with van der Waals surface area (Å²) in [5, 5.41) is 5.18. The number of fused-ring (bicyclic) bond motifs is 1. The summed E-state index contributed by atoms with van der Waals surface area (Å²) < 4.78 is 16.4. The molecule has 1 saturated heterocycles. The van der Waals surface area contributed by atoms with Gasteiger partial charge in [0.25, 0.3) is 5.89 Å². The van der Waals surface area contributed by atoms with Crippen LogP contribution in [0.25, 0.3) is 10.9 Å². The zero-order valence-electron chi connectivity index (χ0n) is 15.0. The maximum absolute atomic E-state index is 5.59. The number of pyridine rings is 1. The smallest absolute Gasteiger partial charge is 0.255 e. The molecule has 7 nitrogen and oxygen atoms in total. The number of aromatic nitrogens is 3. The van der Waals surface area contributed by atoms with Crippen LogP contribution in [-0.4, -0.2) is 40.8 Å². The van der Waals surface area contributed by atoms with E-state index in [4.69, 9.17) is 14.0 Å². The van der Waals surface area contributed by atoms with E-state index in [1.807, 2.05) is 19.2 Å². The first-order chi connectivity index (χ1) is 12.7. The molecule has 7 heteroatoms. The third-order valence-electron chi connectivity index (χ3n) is 4.58. The van der Waals surface area contributed by atoms with Crippen LogP contribution in [0.1, 0.15) is 36.2 Å². The predicted octanol–water partition coefficient (Wildman–Crippen LogP) is 3.11. The molecule has 1 aromatic carbocycles. The first-order valence-electron chi connectivity index (χ1n) is 8.78. The van der Waals surface area contributed by atoms with Gasteiger partial charge in [0, 0.05) is 24.7 Å². The summed E-state index contributed by atoms with van der Waals surface area (Å²) in [4.78, 5) is 11.1. The fraction of sp³-hybridized carbons (Fsp3) is 0.421. The zero-order chi connectivity index (χ0) is 17.9. The van der Waals surface area contributed by atoms with Crippen molar-refractivity contribution in [3.05, 3.63) is 47.7 Å². The van der Waals surface area contributed by atoms with Gasteiger partial charge in [-0.25, -0.2) is 0 Å². The lowest BCUT2D eigenvalue weighted by molar-refractivity contribution is 0.0835. The molecule has 0 radical (unpaired) electrons. The van der Waals surface area contributed by atoms with Crippen LogP contribution in [0.4, 0.5) is 0 Å². The molecule has 26 heavy (non-hydrogen) atoms. The van der Waals surface area contributed by atoms with E-state index in [-0.39, 0.29) is 6.10 Å². The molecule has 136 valence electrons. The average molecular weight is 354 g/mol. The van der Waals surface area contributed by atoms with Gasteiger partial charge in [-0.1, -0.05) is 17.3 Å². The van der Waals surface area contributed by atoms with Crippen molar-refractivity contribution in [1.82, 2.24) is 20.0 Å². The Morgan fingerprint density at radius 2 is 2.19 bits per heavy atom. The molecule has 1 fully saturated rings. The van der Waals surface area contributed by atoms with Gasteiger partial charge < -0.3 is 14.0 Å². The molecule has 1 aliphatic rings. The van der Waals surface area contributed by atoms with Crippen molar-refractivity contribution in [2.75, 3.05) is 20.8 Å². The predicted molar refractivity (Wildman–Crippen MR) is 95.7 cm³/mol. The van der Waals surface area contributed by atoms with E-state index >= 15 is 0 Å². The summed E-state index contributed by atoms with van der Waals surface area (Å²) in [6.07, 6.45) is 3.73. The van der Waals surface area contributed by atoms with Gasteiger partial charge in [-0.2, -0.15) is 4.98 Å². The quantitative estimate of drug-likeness (QED) is 0.673. The summed E-state index contributed by atoms with van der Waals surface area (Å²) in [6.45, 7) is 2.11. The summed E-state index contributed by atoms with van der Waals surface area (Å²) in [5.74, 6) is 2.05. The van der Waals surface area contributed by atoms with Gasteiger partial charge in [0.2, 0.25) is 0 Å². The number of benzene rings is 1. The van der Waals surface area contributed by atoms with Crippen molar-refractivity contribution in [1.29, 1.82) is 0 Å². The van der Waals surface area contributed by atoms with Crippen LogP contribution >= 0.6 is 0 Å². The minimum Gasteiger partial charge on any atom is -0.494 e. The largest absolute Gasteiger partial charge is 0.494 e. The van der Waals surface area contributed by atoms with E-state index in [2.05, 4.69) is 32.2 Å². The van der Waals surface area contributed by atoms with Crippen molar-refractivity contribution < 1.29 is 14.0 Å². The first kappa shape index (κ1) is 16.9. The van der Waals surface area contributed by atoms with E-state index in [0.29, 0.717) is 18.3 Å². The van der Waals surface area contributed by atoms with Crippen LogP contribution < -0.4 is 4.74 Å². The van der Waals surface area contributed by atoms with E-state index in [1.54, 1.807) is 13.3 Å². The highest BCUT2D eigenvalue weighted by atomic mass is 16.5. The van der Waals surface area contributed by atoms with E-state index in [1.165, 1.54) is 5.56 Å². The molecule has 0 aliphatic carbocycles. The number of hydrogen-bond acceptors (Lipinski definition) is 7. The Bertz CT molecular complexity index is 889. The first-order valence-corrected chi connectivity index (χ1v) is 8.78. The molecule has 3 aromatic rings. The normalized spacial score (nSPS) is 17.3. The number of nitrogens with zero attached hydrogens (tertiary/aromatic N) is 4. The van der Waals surface area contributed by atoms with Crippen LogP contribution in [0, 0.1) is 0 Å². The van der Waals surface area contributed by atoms with Gasteiger partial charge in [-0.3, -0.25) is 9.88 Å². The second-order valence-electron chi connectivity index (χ2n) is 6.55. The van der Waals surface area contributed by atoms with Gasteiger partial charge in [-0.15, -0.1) is 0 Å². The Morgan fingerprint density at radius 3 is 3.00 bits per heavy atom. The van der Waals surface area contributed by atoms with Gasteiger partial charge in [0.05, 0.1) is 13.7 Å². The Labute approximate surface area is 151 Å². The second kappa shape index (κ2) is 7.39. The molecule has 0 bridgehead atoms. The lowest BCUT2D eigenvalue weighted by Gasteiger charge is -2.16. The molecule has 1 atom stereocenters. The van der Waals surface area contributed by atoms with Crippen LogP contribution in [0.2, 0.25) is 0 Å². The Morgan fingerprint density at radius 1 is 1.27 bits per heavy atom. The highest BCUT2D eigenvalue weighted by Crippen LogP contribution is 2.28. The Kier molecular flexibility index (Phi) is 4.81. The van der Waals surface area contributed by atoms with Gasteiger partial charge >= 0.3 is 0 Å². The lowest BCUT2D eigenvalue weighted by Crippen LogP contribution is -2.18. The standard InChI is InChI=1S/C19H22N4O3/c1-23(12-17-21-19(26-22-17)16-6-4-10-25-16)11-13-7-8-15(24-2)18-14(13)5-3-9-20-18/h3,5,7-9,16H,4,6,10-12H2,1-2H3. The Balaban J connectivity index is 1.48. The lowest BCUT2D eigenvalue weighted by atomic mass is 10.1. The summed E-state index contributed by atoms with van der Waals surface area (Å²) >= 11 is 0. The maximum Gasteiger partial charge on any atom is 0.255 e. The molecule has 0 amide bonds. The molecule has 0 N–H and O–H groups in total. The third kappa shape index (κ3) is 3.40. The zero-order valence-corrected chi connectivity index (χ0v) is 15.0. The molecule has 0 saturated carbocycles.